The molecule has 1 atom stereocenters. The van der Waals surface area contributed by atoms with Gasteiger partial charge >= 0.3 is 0 Å². The standard InChI is InChI=1S/C22H42N6O2.HI/c1-5-7-8-18(6-2)15-23-22(24-16-21(30)26(3)4)28-13-11-27(12-14-28)17-20(29)25-19-9-10-19;/h18-19H,5-17H2,1-4H3,(H,23,24)(H,25,29);1H. The van der Waals surface area contributed by atoms with Gasteiger partial charge in [0.05, 0.1) is 6.54 Å². The molecule has 2 amide bonds. The average molecular weight is 551 g/mol. The molecule has 0 radical (unpaired) electrons. The number of nitrogens with zero attached hydrogens (tertiary/aromatic N) is 4. The van der Waals surface area contributed by atoms with Gasteiger partial charge < -0.3 is 20.4 Å². The van der Waals surface area contributed by atoms with Crippen LogP contribution in [0.1, 0.15) is 52.4 Å². The quantitative estimate of drug-likeness (QED) is 0.233. The van der Waals surface area contributed by atoms with Crippen LogP contribution in [0.2, 0.25) is 0 Å². The summed E-state index contributed by atoms with van der Waals surface area (Å²) < 4.78 is 0. The summed E-state index contributed by atoms with van der Waals surface area (Å²) in [6, 6.07) is 0.412. The Hall–Kier alpha value is -1.10. The maximum absolute atomic E-state index is 12.1. The second-order valence-electron chi connectivity index (χ2n) is 8.83. The highest BCUT2D eigenvalue weighted by Crippen LogP contribution is 2.18. The smallest absolute Gasteiger partial charge is 0.243 e. The molecule has 1 saturated carbocycles. The van der Waals surface area contributed by atoms with Crippen LogP contribution < -0.4 is 10.6 Å². The van der Waals surface area contributed by atoms with E-state index in [1.807, 2.05) is 0 Å². The van der Waals surface area contributed by atoms with E-state index in [2.05, 4.69) is 39.3 Å². The predicted octanol–water partition coefficient (Wildman–Crippen LogP) is 1.75. The third-order valence-electron chi connectivity index (χ3n) is 5.94. The van der Waals surface area contributed by atoms with E-state index in [9.17, 15) is 9.59 Å². The first-order valence-electron chi connectivity index (χ1n) is 11.7. The van der Waals surface area contributed by atoms with Crippen LogP contribution in [0.4, 0.5) is 0 Å². The summed E-state index contributed by atoms with van der Waals surface area (Å²) in [6.07, 6.45) is 7.05. The fourth-order valence-corrected chi connectivity index (χ4v) is 3.55. The fourth-order valence-electron chi connectivity index (χ4n) is 3.55. The Labute approximate surface area is 205 Å². The molecule has 1 heterocycles. The highest BCUT2D eigenvalue weighted by atomic mass is 127. The molecule has 0 aromatic rings. The predicted molar refractivity (Wildman–Crippen MR) is 137 cm³/mol. The van der Waals surface area contributed by atoms with Crippen LogP contribution in [-0.4, -0.2) is 98.4 Å². The number of hydrogen-bond acceptors (Lipinski definition) is 4. The molecule has 2 N–H and O–H groups in total. The van der Waals surface area contributed by atoms with Crippen molar-refractivity contribution in [3.63, 3.8) is 0 Å². The molecule has 2 rings (SSSR count). The fraction of sp³-hybridized carbons (Fsp3) is 0.864. The Morgan fingerprint density at radius 1 is 1.13 bits per heavy atom. The van der Waals surface area contributed by atoms with Crippen molar-refractivity contribution in [2.45, 2.75) is 58.4 Å². The molecular formula is C22H43IN6O2. The molecule has 1 unspecified atom stereocenters. The molecule has 1 saturated heterocycles. The number of carbonyl (C=O) groups excluding carboxylic acids is 2. The van der Waals surface area contributed by atoms with Gasteiger partial charge in [0.1, 0.15) is 6.54 Å². The van der Waals surface area contributed by atoms with Gasteiger partial charge in [-0.05, 0) is 25.2 Å². The summed E-state index contributed by atoms with van der Waals surface area (Å²) in [5, 5.41) is 6.60. The number of carbonyl (C=O) groups is 2. The summed E-state index contributed by atoms with van der Waals surface area (Å²) in [5.74, 6) is 1.58. The van der Waals surface area contributed by atoms with Crippen molar-refractivity contribution >= 4 is 41.8 Å². The van der Waals surface area contributed by atoms with Crippen LogP contribution >= 0.6 is 24.0 Å². The van der Waals surface area contributed by atoms with E-state index in [1.165, 1.54) is 19.3 Å². The second kappa shape index (κ2) is 14.9. The number of aliphatic imine (C=N–C) groups is 1. The van der Waals surface area contributed by atoms with Crippen LogP contribution in [0.5, 0.6) is 0 Å². The lowest BCUT2D eigenvalue weighted by atomic mass is 9.99. The lowest BCUT2D eigenvalue weighted by Gasteiger charge is -2.36. The van der Waals surface area contributed by atoms with Gasteiger partial charge in [-0.1, -0.05) is 33.1 Å². The molecule has 9 heteroatoms. The molecule has 0 bridgehead atoms. The Morgan fingerprint density at radius 2 is 1.81 bits per heavy atom. The van der Waals surface area contributed by atoms with E-state index in [1.54, 1.807) is 19.0 Å². The summed E-state index contributed by atoms with van der Waals surface area (Å²) in [7, 11) is 3.52. The van der Waals surface area contributed by atoms with Crippen molar-refractivity contribution in [2.75, 3.05) is 59.9 Å². The largest absolute Gasteiger partial charge is 0.356 e. The minimum absolute atomic E-state index is 0. The number of nitrogens with one attached hydrogen (secondary N) is 2. The zero-order valence-corrected chi connectivity index (χ0v) is 22.2. The first-order valence-corrected chi connectivity index (χ1v) is 11.7. The highest BCUT2D eigenvalue weighted by molar-refractivity contribution is 14.0. The minimum Gasteiger partial charge on any atom is -0.356 e. The molecular weight excluding hydrogens is 507 g/mol. The summed E-state index contributed by atoms with van der Waals surface area (Å²) in [4.78, 5) is 34.8. The molecule has 8 nitrogen and oxygen atoms in total. The topological polar surface area (TPSA) is 80.3 Å². The SMILES string of the molecule is CCCCC(CC)CNC(=NCC(=O)N(C)C)N1CCN(CC(=O)NC2CC2)CC1.I. The van der Waals surface area contributed by atoms with Crippen LogP contribution in [0.25, 0.3) is 0 Å². The van der Waals surface area contributed by atoms with Gasteiger partial charge in [-0.3, -0.25) is 14.5 Å². The maximum Gasteiger partial charge on any atom is 0.243 e. The lowest BCUT2D eigenvalue weighted by molar-refractivity contribution is -0.127. The average Bonchev–Trinajstić information content (AvgIpc) is 3.54. The lowest BCUT2D eigenvalue weighted by Crippen LogP contribution is -2.54. The zero-order valence-electron chi connectivity index (χ0n) is 19.9. The first-order chi connectivity index (χ1) is 14.4. The molecule has 2 aliphatic rings. The van der Waals surface area contributed by atoms with E-state index in [-0.39, 0.29) is 42.3 Å². The second-order valence-corrected chi connectivity index (χ2v) is 8.83. The van der Waals surface area contributed by atoms with Crippen molar-refractivity contribution in [1.82, 2.24) is 25.3 Å². The molecule has 0 spiro atoms. The van der Waals surface area contributed by atoms with E-state index >= 15 is 0 Å². The number of piperazine rings is 1. The van der Waals surface area contributed by atoms with Crippen molar-refractivity contribution in [2.24, 2.45) is 10.9 Å². The minimum atomic E-state index is 0. The van der Waals surface area contributed by atoms with Gasteiger partial charge in [-0.2, -0.15) is 0 Å². The van der Waals surface area contributed by atoms with Gasteiger partial charge in [0.15, 0.2) is 5.96 Å². The first kappa shape index (κ1) is 27.9. The Balaban J connectivity index is 0.00000480. The highest BCUT2D eigenvalue weighted by Gasteiger charge is 2.26. The normalized spacial score (nSPS) is 18.2. The molecule has 0 aromatic carbocycles. The van der Waals surface area contributed by atoms with E-state index in [0.717, 1.165) is 57.9 Å². The van der Waals surface area contributed by atoms with Crippen molar-refractivity contribution in [3.8, 4) is 0 Å². The van der Waals surface area contributed by atoms with Crippen LogP contribution in [0.3, 0.4) is 0 Å². The molecule has 0 aromatic heterocycles. The molecule has 180 valence electrons. The Bertz CT molecular complexity index is 574. The number of halogens is 1. The zero-order chi connectivity index (χ0) is 21.9. The Kier molecular flexibility index (Phi) is 13.4. The molecule has 2 fully saturated rings. The van der Waals surface area contributed by atoms with Crippen molar-refractivity contribution in [3.05, 3.63) is 0 Å². The maximum atomic E-state index is 12.1. The third kappa shape index (κ3) is 10.9. The summed E-state index contributed by atoms with van der Waals surface area (Å²) >= 11 is 0. The number of rotatable bonds is 11. The van der Waals surface area contributed by atoms with E-state index < -0.39 is 0 Å². The monoisotopic (exact) mass is 550 g/mol. The molecule has 31 heavy (non-hydrogen) atoms. The van der Waals surface area contributed by atoms with Gasteiger partial charge in [0.25, 0.3) is 0 Å². The van der Waals surface area contributed by atoms with Crippen LogP contribution in [0, 0.1) is 5.92 Å². The van der Waals surface area contributed by atoms with Crippen LogP contribution in [0.15, 0.2) is 4.99 Å². The van der Waals surface area contributed by atoms with E-state index in [0.29, 0.717) is 18.5 Å². The van der Waals surface area contributed by atoms with Gasteiger partial charge in [-0.15, -0.1) is 24.0 Å². The van der Waals surface area contributed by atoms with Crippen molar-refractivity contribution in [1.29, 1.82) is 0 Å². The van der Waals surface area contributed by atoms with Gasteiger partial charge in [0.2, 0.25) is 11.8 Å². The number of unbranched alkanes of at least 4 members (excludes halogenated alkanes) is 1. The summed E-state index contributed by atoms with van der Waals surface area (Å²) in [6.45, 7) is 9.25. The number of amides is 2. The summed E-state index contributed by atoms with van der Waals surface area (Å²) in [5.41, 5.74) is 0. The van der Waals surface area contributed by atoms with Crippen molar-refractivity contribution < 1.29 is 9.59 Å². The molecule has 1 aliphatic heterocycles. The van der Waals surface area contributed by atoms with E-state index in [4.69, 9.17) is 0 Å². The Morgan fingerprint density at radius 3 is 2.35 bits per heavy atom. The van der Waals surface area contributed by atoms with Gasteiger partial charge in [0, 0.05) is 52.9 Å². The number of guanidine groups is 1. The molecule has 1 aliphatic carbocycles. The van der Waals surface area contributed by atoms with Gasteiger partial charge in [-0.25, -0.2) is 4.99 Å². The number of hydrogen-bond donors (Lipinski definition) is 2. The number of likely N-dealkylation sites (N-methyl/N-ethyl adjacent to an activating group) is 1. The third-order valence-corrected chi connectivity index (χ3v) is 5.94. The van der Waals surface area contributed by atoms with Crippen LogP contribution in [-0.2, 0) is 9.59 Å².